The van der Waals surface area contributed by atoms with Crippen molar-refractivity contribution >= 4 is 17.1 Å². The Morgan fingerprint density at radius 2 is 1.71 bits per heavy atom. The van der Waals surface area contributed by atoms with Gasteiger partial charge in [0.15, 0.2) is 5.76 Å². The van der Waals surface area contributed by atoms with Crippen LogP contribution < -0.4 is 0 Å². The van der Waals surface area contributed by atoms with E-state index in [1.807, 2.05) is 43.3 Å². The second-order valence-electron chi connectivity index (χ2n) is 10.2. The second-order valence-corrected chi connectivity index (χ2v) is 10.2. The standard InChI is InChI=1S/C33H42N2O3/c1-7-8-14-27(28-17-19-29(20-18-28)33(3,4)5)16-15-25(2)21-32(34)35-30(24-37-6)31(22-36)38-23-26-12-10-9-11-13-26/h8-20,22,34,36H,7,21,23-24H2,1-6H3/b14-8-,25-15+,27-16+,31-22-,34-32?,35-30-. The molecule has 0 saturated heterocycles. The minimum Gasteiger partial charge on any atom is -0.512 e. The van der Waals surface area contributed by atoms with Crippen LogP contribution in [0.3, 0.4) is 0 Å². The number of rotatable bonds is 12. The zero-order chi connectivity index (χ0) is 28.0. The Morgan fingerprint density at radius 3 is 2.29 bits per heavy atom. The smallest absolute Gasteiger partial charge is 0.177 e. The van der Waals surface area contributed by atoms with Gasteiger partial charge in [-0.25, -0.2) is 4.99 Å². The van der Waals surface area contributed by atoms with Crippen molar-refractivity contribution in [1.82, 2.24) is 0 Å². The summed E-state index contributed by atoms with van der Waals surface area (Å²) < 4.78 is 11.0. The molecule has 2 rings (SSSR count). The third-order valence-corrected chi connectivity index (χ3v) is 5.80. The molecule has 0 bridgehead atoms. The van der Waals surface area contributed by atoms with E-state index in [0.717, 1.165) is 35.0 Å². The number of hydrogen-bond acceptors (Lipinski definition) is 4. The molecular formula is C33H42N2O3. The van der Waals surface area contributed by atoms with Gasteiger partial charge >= 0.3 is 0 Å². The lowest BCUT2D eigenvalue weighted by Crippen LogP contribution is -2.15. The Morgan fingerprint density at radius 1 is 1.03 bits per heavy atom. The van der Waals surface area contributed by atoms with Crippen LogP contribution in [0.5, 0.6) is 0 Å². The number of aliphatic imine (C=N–C) groups is 1. The largest absolute Gasteiger partial charge is 0.512 e. The lowest BCUT2D eigenvalue weighted by atomic mass is 9.86. The molecule has 0 aliphatic carbocycles. The van der Waals surface area contributed by atoms with Crippen LogP contribution in [0.15, 0.2) is 101 Å². The van der Waals surface area contributed by atoms with Gasteiger partial charge in [0.25, 0.3) is 0 Å². The van der Waals surface area contributed by atoms with Crippen molar-refractivity contribution in [3.63, 3.8) is 0 Å². The van der Waals surface area contributed by atoms with E-state index in [0.29, 0.717) is 12.1 Å². The first-order chi connectivity index (χ1) is 18.2. The van der Waals surface area contributed by atoms with E-state index >= 15 is 0 Å². The number of nitrogens with one attached hydrogen (secondary N) is 1. The summed E-state index contributed by atoms with van der Waals surface area (Å²) in [7, 11) is 1.54. The van der Waals surface area contributed by atoms with Gasteiger partial charge in [0.05, 0.1) is 6.61 Å². The highest BCUT2D eigenvalue weighted by molar-refractivity contribution is 6.06. The van der Waals surface area contributed by atoms with Crippen molar-refractivity contribution < 1.29 is 14.6 Å². The van der Waals surface area contributed by atoms with Crippen LogP contribution in [0.4, 0.5) is 0 Å². The van der Waals surface area contributed by atoms with Crippen molar-refractivity contribution in [3.8, 4) is 0 Å². The predicted octanol–water partition coefficient (Wildman–Crippen LogP) is 8.35. The fourth-order valence-corrected chi connectivity index (χ4v) is 3.64. The molecule has 5 nitrogen and oxygen atoms in total. The summed E-state index contributed by atoms with van der Waals surface area (Å²) in [5.74, 6) is 0.342. The SMILES string of the molecule is CC\C=C/C(=C\C=C(/C)CC(=N)/N=C(COC)\C(=C\O)OCc1ccccc1)c1ccc(C(C)(C)C)cc1. The predicted molar refractivity (Wildman–Crippen MR) is 160 cm³/mol. The first-order valence-corrected chi connectivity index (χ1v) is 13.0. The molecule has 0 spiro atoms. The summed E-state index contributed by atoms with van der Waals surface area (Å²) in [6.07, 6.45) is 10.6. The molecule has 202 valence electrons. The Balaban J connectivity index is 2.18. The molecule has 0 heterocycles. The Hall–Kier alpha value is -3.70. The summed E-state index contributed by atoms with van der Waals surface area (Å²) in [6, 6.07) is 18.4. The van der Waals surface area contributed by atoms with E-state index in [1.54, 1.807) is 7.11 Å². The average molecular weight is 515 g/mol. The maximum Gasteiger partial charge on any atom is 0.177 e. The zero-order valence-electron chi connectivity index (χ0n) is 23.6. The fraction of sp³-hybridized carbons (Fsp3) is 0.333. The minimum atomic E-state index is 0.109. The lowest BCUT2D eigenvalue weighted by molar-refractivity contribution is 0.196. The Kier molecular flexibility index (Phi) is 12.5. The van der Waals surface area contributed by atoms with Gasteiger partial charge in [0.1, 0.15) is 24.4 Å². The molecule has 0 radical (unpaired) electrons. The van der Waals surface area contributed by atoms with E-state index in [2.05, 4.69) is 75.2 Å². The topological polar surface area (TPSA) is 74.9 Å². The highest BCUT2D eigenvalue weighted by Crippen LogP contribution is 2.25. The van der Waals surface area contributed by atoms with Gasteiger partial charge in [0, 0.05) is 13.5 Å². The molecule has 2 aromatic rings. The van der Waals surface area contributed by atoms with Crippen molar-refractivity contribution in [1.29, 1.82) is 5.41 Å². The van der Waals surface area contributed by atoms with Crippen LogP contribution in [-0.2, 0) is 21.5 Å². The molecule has 0 aliphatic rings. The summed E-state index contributed by atoms with van der Waals surface area (Å²) in [5, 5.41) is 18.2. The minimum absolute atomic E-state index is 0.109. The van der Waals surface area contributed by atoms with Crippen molar-refractivity contribution in [3.05, 3.63) is 113 Å². The van der Waals surface area contributed by atoms with Gasteiger partial charge in [-0.2, -0.15) is 0 Å². The lowest BCUT2D eigenvalue weighted by Gasteiger charge is -2.19. The zero-order valence-corrected chi connectivity index (χ0v) is 23.6. The van der Waals surface area contributed by atoms with Crippen LogP contribution in [0, 0.1) is 5.41 Å². The van der Waals surface area contributed by atoms with Crippen molar-refractivity contribution in [2.24, 2.45) is 4.99 Å². The average Bonchev–Trinajstić information content (AvgIpc) is 2.89. The molecule has 0 fully saturated rings. The fourth-order valence-electron chi connectivity index (χ4n) is 3.64. The molecule has 0 aliphatic heterocycles. The highest BCUT2D eigenvalue weighted by atomic mass is 16.5. The molecule has 38 heavy (non-hydrogen) atoms. The van der Waals surface area contributed by atoms with Gasteiger partial charge in [-0.05, 0) is 41.0 Å². The summed E-state index contributed by atoms with van der Waals surface area (Å²) in [4.78, 5) is 4.40. The number of methoxy groups -OCH3 is 1. The highest BCUT2D eigenvalue weighted by Gasteiger charge is 2.13. The van der Waals surface area contributed by atoms with Crippen LogP contribution in [0.2, 0.25) is 0 Å². The molecular weight excluding hydrogens is 472 g/mol. The van der Waals surface area contributed by atoms with Crippen LogP contribution in [0.1, 0.15) is 64.2 Å². The summed E-state index contributed by atoms with van der Waals surface area (Å²) >= 11 is 0. The number of allylic oxidation sites excluding steroid dienone is 5. The van der Waals surface area contributed by atoms with Gasteiger partial charge in [-0.3, -0.25) is 5.41 Å². The maximum absolute atomic E-state index is 9.76. The van der Waals surface area contributed by atoms with E-state index < -0.39 is 0 Å². The van der Waals surface area contributed by atoms with Gasteiger partial charge in [-0.1, -0.05) is 112 Å². The number of nitrogens with zero attached hydrogens (tertiary/aromatic N) is 1. The number of benzene rings is 2. The van der Waals surface area contributed by atoms with E-state index in [9.17, 15) is 5.11 Å². The number of amidine groups is 1. The van der Waals surface area contributed by atoms with Gasteiger partial charge in [0.2, 0.25) is 0 Å². The first-order valence-electron chi connectivity index (χ1n) is 13.0. The Labute approximate surface area is 228 Å². The molecule has 0 unspecified atom stereocenters. The number of hydrogen-bond donors (Lipinski definition) is 2. The van der Waals surface area contributed by atoms with Crippen LogP contribution in [-0.4, -0.2) is 30.4 Å². The third-order valence-electron chi connectivity index (χ3n) is 5.80. The molecule has 5 heteroatoms. The molecule has 0 aromatic heterocycles. The quantitative estimate of drug-likeness (QED) is 0.129. The molecule has 0 atom stereocenters. The molecule has 2 N–H and O–H groups in total. The monoisotopic (exact) mass is 514 g/mol. The van der Waals surface area contributed by atoms with Crippen LogP contribution in [0.25, 0.3) is 5.57 Å². The Bertz CT molecular complexity index is 1180. The van der Waals surface area contributed by atoms with Crippen LogP contribution >= 0.6 is 0 Å². The van der Waals surface area contributed by atoms with Gasteiger partial charge in [-0.15, -0.1) is 0 Å². The van der Waals surface area contributed by atoms with Crippen molar-refractivity contribution in [2.75, 3.05) is 13.7 Å². The maximum atomic E-state index is 9.76. The molecule has 0 amide bonds. The summed E-state index contributed by atoms with van der Waals surface area (Å²) in [5.41, 5.74) is 5.99. The number of ether oxygens (including phenoxy) is 2. The van der Waals surface area contributed by atoms with E-state index in [4.69, 9.17) is 14.9 Å². The molecule has 0 saturated carbocycles. The molecule has 2 aromatic carbocycles. The number of aliphatic hydroxyl groups excluding tert-OH is 1. The summed E-state index contributed by atoms with van der Waals surface area (Å²) in [6.45, 7) is 11.1. The number of aliphatic hydroxyl groups is 1. The third kappa shape index (κ3) is 10.3. The van der Waals surface area contributed by atoms with Gasteiger partial charge < -0.3 is 14.6 Å². The second kappa shape index (κ2) is 15.5. The first kappa shape index (κ1) is 30.5. The van der Waals surface area contributed by atoms with Crippen molar-refractivity contribution in [2.45, 2.75) is 59.5 Å². The van der Waals surface area contributed by atoms with E-state index in [1.165, 1.54) is 5.56 Å². The normalized spacial score (nSPS) is 13.7. The van der Waals surface area contributed by atoms with E-state index in [-0.39, 0.29) is 30.2 Å².